The molecule has 1 aliphatic heterocycles. The first-order valence-corrected chi connectivity index (χ1v) is 13.7. The summed E-state index contributed by atoms with van der Waals surface area (Å²) in [5, 5.41) is 12.7. The van der Waals surface area contributed by atoms with Gasteiger partial charge in [-0.3, -0.25) is 4.79 Å². The van der Waals surface area contributed by atoms with Crippen LogP contribution in [0.3, 0.4) is 0 Å². The average molecular weight is 611 g/mol. The Balaban J connectivity index is 1.73. The van der Waals surface area contributed by atoms with E-state index in [1.54, 1.807) is 24.3 Å². The van der Waals surface area contributed by atoms with Crippen molar-refractivity contribution in [1.82, 2.24) is 5.32 Å². The number of amides is 1. The number of carbonyl (C=O) groups is 1. The van der Waals surface area contributed by atoms with Crippen LogP contribution in [-0.2, 0) is 14.9 Å². The number of hydrogen-bond acceptors (Lipinski definition) is 7. The van der Waals surface area contributed by atoms with E-state index in [0.717, 1.165) is 10.8 Å². The molecule has 1 aliphatic rings. The van der Waals surface area contributed by atoms with E-state index in [1.807, 2.05) is 31.2 Å². The predicted molar refractivity (Wildman–Crippen MR) is 138 cm³/mol. The maximum Gasteiger partial charge on any atom is 0.340 e. The second kappa shape index (κ2) is 9.96. The van der Waals surface area contributed by atoms with Gasteiger partial charge in [0.05, 0.1) is 11.5 Å². The molecular formula is C22H17Br2N3O4S2. The summed E-state index contributed by atoms with van der Waals surface area (Å²) < 4.78 is 32.6. The van der Waals surface area contributed by atoms with Crippen molar-refractivity contribution < 1.29 is 17.4 Å². The van der Waals surface area contributed by atoms with Crippen molar-refractivity contribution in [3.63, 3.8) is 0 Å². The molecule has 0 unspecified atom stereocenters. The molecule has 1 N–H and O–H groups in total. The average Bonchev–Trinajstić information content (AvgIpc) is 3.15. The standard InChI is InChI=1S/C22H17Br2N3O4S2/c1-2-19-21(28)26-22(32-19)27-25-12-16-15-6-4-3-5-13(15)7-10-18(16)31-33(29,30)20-11-14(23)8-9-17(20)24/h3-12,19H,2H2,1H3,(H,26,27,28)/b25-12-/t19-/m1/s1. The van der Waals surface area contributed by atoms with Crippen molar-refractivity contribution >= 4 is 81.8 Å². The summed E-state index contributed by atoms with van der Waals surface area (Å²) in [6.07, 6.45) is 2.12. The Morgan fingerprint density at radius 3 is 2.70 bits per heavy atom. The van der Waals surface area contributed by atoms with E-state index in [-0.39, 0.29) is 21.8 Å². The number of carbonyl (C=O) groups excluding carboxylic acids is 1. The Hall–Kier alpha value is -2.21. The summed E-state index contributed by atoms with van der Waals surface area (Å²) in [4.78, 5) is 11.9. The van der Waals surface area contributed by atoms with E-state index in [9.17, 15) is 13.2 Å². The van der Waals surface area contributed by atoms with Crippen LogP contribution in [0.4, 0.5) is 0 Å². The van der Waals surface area contributed by atoms with Gasteiger partial charge in [-0.1, -0.05) is 64.9 Å². The molecule has 11 heteroatoms. The molecule has 1 heterocycles. The number of thioether (sulfide) groups is 1. The SMILES string of the molecule is CC[C@H]1S/C(=N\N=C/c2c(OS(=O)(=O)c3cc(Br)ccc3Br)ccc3ccccc23)NC1=O. The van der Waals surface area contributed by atoms with Crippen LogP contribution in [-0.4, -0.2) is 31.0 Å². The van der Waals surface area contributed by atoms with E-state index < -0.39 is 10.1 Å². The Labute approximate surface area is 212 Å². The normalized spacial score (nSPS) is 17.7. The van der Waals surface area contributed by atoms with E-state index in [1.165, 1.54) is 24.0 Å². The number of benzene rings is 3. The first kappa shape index (κ1) is 23.9. The highest BCUT2D eigenvalue weighted by Crippen LogP contribution is 2.32. The van der Waals surface area contributed by atoms with Gasteiger partial charge >= 0.3 is 10.1 Å². The van der Waals surface area contributed by atoms with Crippen molar-refractivity contribution in [2.24, 2.45) is 10.2 Å². The van der Waals surface area contributed by atoms with Gasteiger partial charge in [0, 0.05) is 14.5 Å². The lowest BCUT2D eigenvalue weighted by Crippen LogP contribution is -2.24. The van der Waals surface area contributed by atoms with Gasteiger partial charge in [-0.2, -0.15) is 13.5 Å². The lowest BCUT2D eigenvalue weighted by molar-refractivity contribution is -0.118. The number of amidine groups is 1. The van der Waals surface area contributed by atoms with Crippen LogP contribution in [0, 0.1) is 0 Å². The van der Waals surface area contributed by atoms with Crippen LogP contribution < -0.4 is 9.50 Å². The second-order valence-corrected chi connectivity index (χ2v) is 11.4. The lowest BCUT2D eigenvalue weighted by Gasteiger charge is -2.12. The lowest BCUT2D eigenvalue weighted by atomic mass is 10.0. The van der Waals surface area contributed by atoms with Gasteiger partial charge in [-0.15, -0.1) is 5.10 Å². The zero-order chi connectivity index (χ0) is 23.6. The summed E-state index contributed by atoms with van der Waals surface area (Å²) in [6, 6.07) is 15.6. The molecule has 1 saturated heterocycles. The Kier molecular flexibility index (Phi) is 7.22. The zero-order valence-corrected chi connectivity index (χ0v) is 22.0. The van der Waals surface area contributed by atoms with Crippen molar-refractivity contribution in [3.8, 4) is 5.75 Å². The molecule has 0 spiro atoms. The third kappa shape index (κ3) is 5.32. The molecule has 4 rings (SSSR count). The fourth-order valence-electron chi connectivity index (χ4n) is 3.17. The highest BCUT2D eigenvalue weighted by molar-refractivity contribution is 9.11. The largest absolute Gasteiger partial charge is 0.378 e. The van der Waals surface area contributed by atoms with Crippen molar-refractivity contribution in [3.05, 3.63) is 69.1 Å². The molecule has 170 valence electrons. The zero-order valence-electron chi connectivity index (χ0n) is 17.2. The number of halogens is 2. The molecular weight excluding hydrogens is 594 g/mol. The van der Waals surface area contributed by atoms with Crippen LogP contribution in [0.2, 0.25) is 0 Å². The van der Waals surface area contributed by atoms with E-state index in [2.05, 4.69) is 47.4 Å². The first-order valence-electron chi connectivity index (χ1n) is 9.78. The predicted octanol–water partition coefficient (Wildman–Crippen LogP) is 5.46. The van der Waals surface area contributed by atoms with Crippen LogP contribution in [0.15, 0.2) is 78.6 Å². The fraction of sp³-hybridized carbons (Fsp3) is 0.136. The fourth-order valence-corrected chi connectivity index (χ4v) is 6.43. The molecule has 0 radical (unpaired) electrons. The molecule has 1 atom stereocenters. The summed E-state index contributed by atoms with van der Waals surface area (Å²) in [7, 11) is -4.15. The Morgan fingerprint density at radius 2 is 1.94 bits per heavy atom. The molecule has 0 aliphatic carbocycles. The molecule has 0 aromatic heterocycles. The summed E-state index contributed by atoms with van der Waals surface area (Å²) in [6.45, 7) is 1.92. The van der Waals surface area contributed by atoms with Gasteiger partial charge in [0.25, 0.3) is 0 Å². The van der Waals surface area contributed by atoms with Gasteiger partial charge in [0.2, 0.25) is 5.91 Å². The number of nitrogens with one attached hydrogen (secondary N) is 1. The Bertz CT molecular complexity index is 1410. The van der Waals surface area contributed by atoms with Crippen LogP contribution in [0.5, 0.6) is 5.75 Å². The Morgan fingerprint density at radius 1 is 1.15 bits per heavy atom. The maximum atomic E-state index is 13.1. The van der Waals surface area contributed by atoms with Gasteiger partial charge in [0.1, 0.15) is 4.90 Å². The minimum Gasteiger partial charge on any atom is -0.378 e. The number of fused-ring (bicyclic) bond motifs is 1. The van der Waals surface area contributed by atoms with Crippen LogP contribution >= 0.6 is 43.6 Å². The van der Waals surface area contributed by atoms with Crippen LogP contribution in [0.25, 0.3) is 10.8 Å². The van der Waals surface area contributed by atoms with Crippen molar-refractivity contribution in [1.29, 1.82) is 0 Å². The topological polar surface area (TPSA) is 97.2 Å². The third-order valence-electron chi connectivity index (χ3n) is 4.78. The van der Waals surface area contributed by atoms with E-state index in [4.69, 9.17) is 4.18 Å². The van der Waals surface area contributed by atoms with Gasteiger partial charge in [-0.25, -0.2) is 0 Å². The van der Waals surface area contributed by atoms with Gasteiger partial charge in [0.15, 0.2) is 10.9 Å². The second-order valence-electron chi connectivity index (χ2n) is 6.96. The molecule has 3 aromatic rings. The minimum atomic E-state index is -4.15. The van der Waals surface area contributed by atoms with Gasteiger partial charge in [-0.05, 0) is 57.4 Å². The number of nitrogens with zero attached hydrogens (tertiary/aromatic N) is 2. The molecule has 0 saturated carbocycles. The molecule has 33 heavy (non-hydrogen) atoms. The summed E-state index contributed by atoms with van der Waals surface area (Å²) in [5.74, 6) is 0.00963. The number of rotatable bonds is 6. The quantitative estimate of drug-likeness (QED) is 0.227. The first-order chi connectivity index (χ1) is 15.8. The highest BCUT2D eigenvalue weighted by Gasteiger charge is 2.28. The highest BCUT2D eigenvalue weighted by atomic mass is 79.9. The van der Waals surface area contributed by atoms with Crippen molar-refractivity contribution in [2.75, 3.05) is 0 Å². The summed E-state index contributed by atoms with van der Waals surface area (Å²) >= 11 is 7.88. The molecule has 1 fully saturated rings. The van der Waals surface area contributed by atoms with E-state index in [0.29, 0.717) is 26.1 Å². The maximum absolute atomic E-state index is 13.1. The summed E-state index contributed by atoms with van der Waals surface area (Å²) in [5.41, 5.74) is 0.452. The number of hydrogen-bond donors (Lipinski definition) is 1. The van der Waals surface area contributed by atoms with E-state index >= 15 is 0 Å². The minimum absolute atomic E-state index is 0.0103. The molecule has 3 aromatic carbocycles. The molecule has 1 amide bonds. The third-order valence-corrected chi connectivity index (χ3v) is 8.74. The monoisotopic (exact) mass is 609 g/mol. The molecule has 7 nitrogen and oxygen atoms in total. The molecule has 0 bridgehead atoms. The smallest absolute Gasteiger partial charge is 0.340 e. The van der Waals surface area contributed by atoms with Crippen LogP contribution in [0.1, 0.15) is 18.9 Å². The van der Waals surface area contributed by atoms with Gasteiger partial charge < -0.3 is 9.50 Å². The van der Waals surface area contributed by atoms with Crippen molar-refractivity contribution in [2.45, 2.75) is 23.5 Å².